The number of methoxy groups -OCH3 is 1. The summed E-state index contributed by atoms with van der Waals surface area (Å²) < 4.78 is 11.7. The minimum Gasteiger partial charge on any atom is -0.512 e. The summed E-state index contributed by atoms with van der Waals surface area (Å²) in [6.07, 6.45) is 5.03. The molecular formula is C22H22N2O3. The van der Waals surface area contributed by atoms with Gasteiger partial charge in [0, 0.05) is 30.9 Å². The molecule has 5 nitrogen and oxygen atoms in total. The predicted octanol–water partition coefficient (Wildman–Crippen LogP) is 4.56. The van der Waals surface area contributed by atoms with E-state index in [1.54, 1.807) is 7.11 Å². The van der Waals surface area contributed by atoms with Crippen LogP contribution in [0.3, 0.4) is 0 Å². The van der Waals surface area contributed by atoms with Crippen molar-refractivity contribution < 1.29 is 14.6 Å². The highest BCUT2D eigenvalue weighted by Crippen LogP contribution is 2.50. The zero-order valence-corrected chi connectivity index (χ0v) is 15.3. The van der Waals surface area contributed by atoms with Crippen molar-refractivity contribution in [2.24, 2.45) is 5.10 Å². The van der Waals surface area contributed by atoms with Crippen molar-refractivity contribution in [1.29, 1.82) is 0 Å². The van der Waals surface area contributed by atoms with E-state index < -0.39 is 5.72 Å². The standard InChI is InChI=1S/C22H22N2O3/c1-26-17-10-8-15(9-11-17)19-13-20-18-6-2-3-7-21(18)27-22(24(20)23-19)12-4-5-16(25)14-22/h2-3,6-11,14,20,25H,4-5,12-13H2,1H3/t20-,22-/m1/s1. The van der Waals surface area contributed by atoms with Crippen molar-refractivity contribution in [3.05, 3.63) is 71.5 Å². The van der Waals surface area contributed by atoms with Gasteiger partial charge in [-0.15, -0.1) is 0 Å². The van der Waals surface area contributed by atoms with E-state index in [4.69, 9.17) is 14.6 Å². The first-order chi connectivity index (χ1) is 13.2. The quantitative estimate of drug-likeness (QED) is 0.851. The fourth-order valence-corrected chi connectivity index (χ4v) is 4.33. The van der Waals surface area contributed by atoms with E-state index in [-0.39, 0.29) is 6.04 Å². The van der Waals surface area contributed by atoms with E-state index in [0.29, 0.717) is 12.2 Å². The number of aliphatic hydroxyl groups is 1. The van der Waals surface area contributed by atoms with Crippen molar-refractivity contribution in [3.63, 3.8) is 0 Å². The van der Waals surface area contributed by atoms with Gasteiger partial charge in [-0.05, 0) is 42.3 Å². The Morgan fingerprint density at radius 2 is 2.00 bits per heavy atom. The van der Waals surface area contributed by atoms with Gasteiger partial charge in [0.05, 0.1) is 24.6 Å². The van der Waals surface area contributed by atoms with E-state index in [2.05, 4.69) is 11.1 Å². The Labute approximate surface area is 158 Å². The van der Waals surface area contributed by atoms with E-state index in [1.807, 2.05) is 48.5 Å². The number of hydrogen-bond donors (Lipinski definition) is 1. The first-order valence-corrected chi connectivity index (χ1v) is 9.38. The first-order valence-electron chi connectivity index (χ1n) is 9.38. The highest BCUT2D eigenvalue weighted by atomic mass is 16.5. The molecular weight excluding hydrogens is 340 g/mol. The monoisotopic (exact) mass is 362 g/mol. The average molecular weight is 362 g/mol. The molecule has 1 aliphatic carbocycles. The highest BCUT2D eigenvalue weighted by Gasteiger charge is 2.50. The maximum Gasteiger partial charge on any atom is 0.220 e. The van der Waals surface area contributed by atoms with Crippen molar-refractivity contribution >= 4 is 5.71 Å². The summed E-state index contributed by atoms with van der Waals surface area (Å²) in [5.74, 6) is 2.10. The third-order valence-electron chi connectivity index (χ3n) is 5.65. The minimum atomic E-state index is -0.713. The highest BCUT2D eigenvalue weighted by molar-refractivity contribution is 6.02. The molecule has 2 aromatic rings. The molecule has 2 heterocycles. The van der Waals surface area contributed by atoms with Crippen LogP contribution in [-0.4, -0.2) is 28.7 Å². The number of allylic oxidation sites excluding steroid dienone is 1. The molecule has 0 amide bonds. The van der Waals surface area contributed by atoms with Gasteiger partial charge < -0.3 is 14.6 Å². The molecule has 5 heteroatoms. The van der Waals surface area contributed by atoms with Crippen LogP contribution in [0.2, 0.25) is 0 Å². The Balaban J connectivity index is 1.60. The van der Waals surface area contributed by atoms with Crippen molar-refractivity contribution in [2.45, 2.75) is 37.5 Å². The number of rotatable bonds is 2. The Kier molecular flexibility index (Phi) is 3.64. The van der Waals surface area contributed by atoms with Gasteiger partial charge in [-0.1, -0.05) is 18.2 Å². The number of hydrogen-bond acceptors (Lipinski definition) is 5. The maximum absolute atomic E-state index is 10.2. The number of nitrogens with zero attached hydrogens (tertiary/aromatic N) is 2. The molecule has 27 heavy (non-hydrogen) atoms. The number of ether oxygens (including phenoxy) is 2. The third-order valence-corrected chi connectivity index (χ3v) is 5.65. The molecule has 3 aliphatic rings. The SMILES string of the molecule is COc1ccc(C2=NN3[C@H](C2)c2ccccc2O[C@]32C=C(O)CCC2)cc1. The van der Waals surface area contributed by atoms with E-state index >= 15 is 0 Å². The first kappa shape index (κ1) is 16.2. The van der Waals surface area contributed by atoms with Crippen LogP contribution in [-0.2, 0) is 0 Å². The van der Waals surface area contributed by atoms with E-state index in [1.165, 1.54) is 0 Å². The molecule has 0 unspecified atom stereocenters. The molecule has 0 saturated heterocycles. The summed E-state index contributed by atoms with van der Waals surface area (Å²) in [6, 6.07) is 16.3. The lowest BCUT2D eigenvalue weighted by Gasteiger charge is -2.47. The number of para-hydroxylation sites is 1. The van der Waals surface area contributed by atoms with Gasteiger partial charge in [-0.3, -0.25) is 0 Å². The number of fused-ring (bicyclic) bond motifs is 4. The van der Waals surface area contributed by atoms with E-state index in [0.717, 1.165) is 47.6 Å². The van der Waals surface area contributed by atoms with Gasteiger partial charge in [-0.25, -0.2) is 5.01 Å². The maximum atomic E-state index is 10.2. The fraction of sp³-hybridized carbons (Fsp3) is 0.318. The second-order valence-corrected chi connectivity index (χ2v) is 7.31. The normalized spacial score (nSPS) is 26.0. The summed E-state index contributed by atoms with van der Waals surface area (Å²) in [6.45, 7) is 0. The van der Waals surface area contributed by atoms with Crippen LogP contribution in [0.15, 0.2) is 65.5 Å². The number of aliphatic hydroxyl groups excluding tert-OH is 1. The number of benzene rings is 2. The van der Waals surface area contributed by atoms with Crippen molar-refractivity contribution in [3.8, 4) is 11.5 Å². The summed E-state index contributed by atoms with van der Waals surface area (Å²) in [4.78, 5) is 0. The molecule has 2 atom stereocenters. The molecule has 0 bridgehead atoms. The van der Waals surface area contributed by atoms with Crippen LogP contribution in [0.25, 0.3) is 0 Å². The van der Waals surface area contributed by atoms with E-state index in [9.17, 15) is 5.11 Å². The van der Waals surface area contributed by atoms with Crippen LogP contribution in [0, 0.1) is 0 Å². The second kappa shape index (κ2) is 6.05. The smallest absolute Gasteiger partial charge is 0.220 e. The van der Waals surface area contributed by atoms with Crippen LogP contribution in [0.4, 0.5) is 0 Å². The Morgan fingerprint density at radius 1 is 1.19 bits per heavy atom. The lowest BCUT2D eigenvalue weighted by Crippen LogP contribution is -2.53. The van der Waals surface area contributed by atoms with Crippen LogP contribution < -0.4 is 9.47 Å². The molecule has 0 radical (unpaired) electrons. The number of hydrazone groups is 1. The Hall–Kier alpha value is -2.95. The Bertz CT molecular complexity index is 935. The largest absolute Gasteiger partial charge is 0.512 e. The summed E-state index contributed by atoms with van der Waals surface area (Å²) in [5, 5.41) is 17.3. The summed E-state index contributed by atoms with van der Waals surface area (Å²) in [5.41, 5.74) is 2.55. The molecule has 138 valence electrons. The molecule has 2 aliphatic heterocycles. The van der Waals surface area contributed by atoms with Crippen molar-refractivity contribution in [1.82, 2.24) is 5.01 Å². The third kappa shape index (κ3) is 2.57. The fourth-order valence-electron chi connectivity index (χ4n) is 4.33. The molecule has 5 rings (SSSR count). The van der Waals surface area contributed by atoms with Crippen molar-refractivity contribution in [2.75, 3.05) is 7.11 Å². The summed E-state index contributed by atoms with van der Waals surface area (Å²) in [7, 11) is 1.67. The molecule has 2 aromatic carbocycles. The van der Waals surface area contributed by atoms with Gasteiger partial charge in [0.15, 0.2) is 0 Å². The van der Waals surface area contributed by atoms with Gasteiger partial charge >= 0.3 is 0 Å². The topological polar surface area (TPSA) is 54.3 Å². The van der Waals surface area contributed by atoms with Gasteiger partial charge in [-0.2, -0.15) is 5.10 Å². The van der Waals surface area contributed by atoms with Gasteiger partial charge in [0.1, 0.15) is 11.5 Å². The molecule has 1 spiro atoms. The molecule has 0 saturated carbocycles. The predicted molar refractivity (Wildman–Crippen MR) is 103 cm³/mol. The van der Waals surface area contributed by atoms with Gasteiger partial charge in [0.25, 0.3) is 0 Å². The summed E-state index contributed by atoms with van der Waals surface area (Å²) >= 11 is 0. The Morgan fingerprint density at radius 3 is 2.78 bits per heavy atom. The zero-order valence-electron chi connectivity index (χ0n) is 15.3. The molecule has 1 N–H and O–H groups in total. The van der Waals surface area contributed by atoms with Gasteiger partial charge in [0.2, 0.25) is 5.72 Å². The molecule has 0 aromatic heterocycles. The lowest BCUT2D eigenvalue weighted by atomic mass is 9.90. The van der Waals surface area contributed by atoms with Crippen LogP contribution in [0.1, 0.15) is 42.9 Å². The zero-order chi connectivity index (χ0) is 18.4. The lowest BCUT2D eigenvalue weighted by molar-refractivity contribution is -0.0944. The second-order valence-electron chi connectivity index (χ2n) is 7.31. The molecule has 0 fully saturated rings. The van der Waals surface area contributed by atoms with Crippen LogP contribution in [0.5, 0.6) is 11.5 Å². The average Bonchev–Trinajstić information content (AvgIpc) is 3.15. The minimum absolute atomic E-state index is 0.106. The van der Waals surface area contributed by atoms with Crippen LogP contribution >= 0.6 is 0 Å².